The van der Waals surface area contributed by atoms with Crippen molar-refractivity contribution in [1.29, 1.82) is 0 Å². The monoisotopic (exact) mass is 478 g/mol. The maximum absolute atomic E-state index is 12.8. The summed E-state index contributed by atoms with van der Waals surface area (Å²) >= 11 is 0. The highest BCUT2D eigenvalue weighted by Crippen LogP contribution is 2.32. The molecule has 3 aliphatic heterocycles. The summed E-state index contributed by atoms with van der Waals surface area (Å²) in [5, 5.41) is 7.84. The zero-order chi connectivity index (χ0) is 24.0. The molecule has 0 aromatic heterocycles. The largest absolute Gasteiger partial charge is 0.430 e. The number of benzene rings is 2. The summed E-state index contributed by atoms with van der Waals surface area (Å²) in [7, 11) is 0. The van der Waals surface area contributed by atoms with Gasteiger partial charge in [0.1, 0.15) is 0 Å². The zero-order valence-corrected chi connectivity index (χ0v) is 20.0. The van der Waals surface area contributed by atoms with Crippen LogP contribution in [0.15, 0.2) is 60.7 Å². The minimum absolute atomic E-state index is 0.00810. The van der Waals surface area contributed by atoms with Crippen LogP contribution in [0, 0.1) is 17.8 Å². The number of hydroxylamine groups is 2. The molecule has 3 aliphatic rings. The van der Waals surface area contributed by atoms with Gasteiger partial charge in [-0.25, -0.2) is 4.79 Å². The Morgan fingerprint density at radius 2 is 1.66 bits per heavy atom. The molecule has 2 aromatic rings. The van der Waals surface area contributed by atoms with Gasteiger partial charge in [0.05, 0.1) is 18.6 Å². The lowest BCUT2D eigenvalue weighted by molar-refractivity contribution is -0.125. The Morgan fingerprint density at radius 3 is 2.31 bits per heavy atom. The lowest BCUT2D eigenvalue weighted by Crippen LogP contribution is -2.37. The number of hydrogen-bond acceptors (Lipinski definition) is 6. The first-order valence-electron chi connectivity index (χ1n) is 12.6. The van der Waals surface area contributed by atoms with Crippen LogP contribution in [-0.2, 0) is 14.4 Å². The van der Waals surface area contributed by atoms with Crippen molar-refractivity contribution in [1.82, 2.24) is 15.3 Å². The third kappa shape index (κ3) is 6.20. The van der Waals surface area contributed by atoms with Gasteiger partial charge in [0.25, 0.3) is 0 Å². The summed E-state index contributed by atoms with van der Waals surface area (Å²) in [6, 6.07) is 19.6. The van der Waals surface area contributed by atoms with Gasteiger partial charge in [-0.2, -0.15) is 0 Å². The van der Waals surface area contributed by atoms with Gasteiger partial charge in [-0.1, -0.05) is 48.5 Å². The standard InChI is InChI=1S/C27H34N4O4/c32-26(21-12-14-34-19-21)29-25(20-7-3-1-4-8-20)11-13-30-15-22-17-31(18-23(22)16-30)35-27(33)28-24-9-5-2-6-10-24/h1-10,21-23,25H,11-19H2,(H,28,33)(H,29,32)/t21?,22?,23?,25-/m0/s1. The minimum atomic E-state index is -0.442. The normalized spacial score (nSPS) is 25.2. The van der Waals surface area contributed by atoms with E-state index in [0.717, 1.165) is 56.8 Å². The van der Waals surface area contributed by atoms with Crippen molar-refractivity contribution in [2.45, 2.75) is 18.9 Å². The second-order valence-electron chi connectivity index (χ2n) is 9.82. The van der Waals surface area contributed by atoms with Crippen LogP contribution >= 0.6 is 0 Å². The molecule has 0 bridgehead atoms. The molecule has 4 atom stereocenters. The van der Waals surface area contributed by atoms with E-state index in [-0.39, 0.29) is 17.9 Å². The smallest absolute Gasteiger partial charge is 0.381 e. The minimum Gasteiger partial charge on any atom is -0.381 e. The number of nitrogens with one attached hydrogen (secondary N) is 2. The molecular weight excluding hydrogens is 444 g/mol. The number of ether oxygens (including phenoxy) is 1. The van der Waals surface area contributed by atoms with E-state index in [1.807, 2.05) is 48.5 Å². The Balaban J connectivity index is 1.09. The van der Waals surface area contributed by atoms with Gasteiger partial charge < -0.3 is 19.8 Å². The number of hydrogen-bond donors (Lipinski definition) is 2. The first-order chi connectivity index (χ1) is 17.1. The van der Waals surface area contributed by atoms with Crippen LogP contribution in [0.4, 0.5) is 10.5 Å². The summed E-state index contributed by atoms with van der Waals surface area (Å²) in [6.45, 7) is 5.58. The van der Waals surface area contributed by atoms with Gasteiger partial charge in [0, 0.05) is 45.0 Å². The molecule has 3 unspecified atom stereocenters. The predicted octanol–water partition coefficient (Wildman–Crippen LogP) is 3.30. The van der Waals surface area contributed by atoms with Gasteiger partial charge in [-0.15, -0.1) is 5.06 Å². The van der Waals surface area contributed by atoms with E-state index < -0.39 is 6.09 Å². The first kappa shape index (κ1) is 23.8. The van der Waals surface area contributed by atoms with Crippen LogP contribution in [0.25, 0.3) is 0 Å². The molecule has 2 amide bonds. The molecule has 0 spiro atoms. The maximum Gasteiger partial charge on any atom is 0.430 e. The van der Waals surface area contributed by atoms with Crippen molar-refractivity contribution >= 4 is 17.7 Å². The summed E-state index contributed by atoms with van der Waals surface area (Å²) in [6.07, 6.45) is 1.22. The number of likely N-dealkylation sites (tertiary alicyclic amines) is 1. The molecule has 3 heterocycles. The number of para-hydroxylation sites is 1. The van der Waals surface area contributed by atoms with Crippen molar-refractivity contribution in [3.05, 3.63) is 66.2 Å². The van der Waals surface area contributed by atoms with E-state index >= 15 is 0 Å². The fourth-order valence-electron chi connectivity index (χ4n) is 5.43. The average molecular weight is 479 g/mol. The average Bonchev–Trinajstić information content (AvgIpc) is 3.60. The highest BCUT2D eigenvalue weighted by Gasteiger charge is 2.41. The molecule has 0 aliphatic carbocycles. The Morgan fingerprint density at radius 1 is 0.971 bits per heavy atom. The van der Waals surface area contributed by atoms with E-state index in [1.165, 1.54) is 0 Å². The van der Waals surface area contributed by atoms with Gasteiger partial charge >= 0.3 is 6.09 Å². The molecule has 0 saturated carbocycles. The number of amides is 2. The number of nitrogens with zero attached hydrogens (tertiary/aromatic N) is 2. The Bertz CT molecular complexity index is 969. The fourth-order valence-corrected chi connectivity index (χ4v) is 5.43. The van der Waals surface area contributed by atoms with E-state index in [4.69, 9.17) is 9.57 Å². The number of rotatable bonds is 8. The van der Waals surface area contributed by atoms with Crippen LogP contribution in [0.3, 0.4) is 0 Å². The molecule has 2 N–H and O–H groups in total. The number of carbonyl (C=O) groups excluding carboxylic acids is 2. The van der Waals surface area contributed by atoms with Crippen molar-refractivity contribution in [3.63, 3.8) is 0 Å². The highest BCUT2D eigenvalue weighted by atomic mass is 16.7. The molecule has 0 radical (unpaired) electrons. The quantitative estimate of drug-likeness (QED) is 0.606. The number of carbonyl (C=O) groups is 2. The molecule has 35 heavy (non-hydrogen) atoms. The van der Waals surface area contributed by atoms with Crippen molar-refractivity contribution in [2.75, 3.05) is 51.3 Å². The molecule has 186 valence electrons. The first-order valence-corrected chi connectivity index (χ1v) is 12.6. The molecule has 5 rings (SSSR count). The van der Waals surface area contributed by atoms with Crippen molar-refractivity contribution in [2.24, 2.45) is 17.8 Å². The molecular formula is C27H34N4O4. The van der Waals surface area contributed by atoms with Gasteiger partial charge in [-0.05, 0) is 42.4 Å². The lowest BCUT2D eigenvalue weighted by atomic mass is 10.0. The molecule has 8 heteroatoms. The summed E-state index contributed by atoms with van der Waals surface area (Å²) < 4.78 is 5.40. The fraction of sp³-hybridized carbons (Fsp3) is 0.481. The second-order valence-corrected chi connectivity index (χ2v) is 9.82. The highest BCUT2D eigenvalue weighted by molar-refractivity contribution is 5.84. The molecule has 3 saturated heterocycles. The van der Waals surface area contributed by atoms with Crippen LogP contribution in [0.2, 0.25) is 0 Å². The number of fused-ring (bicyclic) bond motifs is 1. The third-order valence-electron chi connectivity index (χ3n) is 7.31. The Hall–Kier alpha value is -2.94. The predicted molar refractivity (Wildman–Crippen MR) is 132 cm³/mol. The SMILES string of the molecule is O=C(Nc1ccccc1)ON1CC2CN(CC[C@H](NC(=O)C3CCOC3)c3ccccc3)CC2C1. The van der Waals surface area contributed by atoms with E-state index in [2.05, 4.69) is 27.7 Å². The van der Waals surface area contributed by atoms with Crippen molar-refractivity contribution < 1.29 is 19.2 Å². The summed E-state index contributed by atoms with van der Waals surface area (Å²) in [5.74, 6) is 1.02. The van der Waals surface area contributed by atoms with Crippen LogP contribution in [0.5, 0.6) is 0 Å². The van der Waals surface area contributed by atoms with E-state index in [9.17, 15) is 9.59 Å². The van der Waals surface area contributed by atoms with Crippen LogP contribution in [-0.4, -0.2) is 67.9 Å². The Labute approximate surface area is 206 Å². The van der Waals surface area contributed by atoms with Gasteiger partial charge in [0.2, 0.25) is 5.91 Å². The lowest BCUT2D eigenvalue weighted by Gasteiger charge is -2.25. The van der Waals surface area contributed by atoms with Gasteiger partial charge in [-0.3, -0.25) is 10.1 Å². The topological polar surface area (TPSA) is 83.1 Å². The third-order valence-corrected chi connectivity index (χ3v) is 7.31. The van der Waals surface area contributed by atoms with Gasteiger partial charge in [0.15, 0.2) is 0 Å². The second kappa shape index (κ2) is 11.2. The summed E-state index contributed by atoms with van der Waals surface area (Å²) in [4.78, 5) is 33.0. The molecule has 3 fully saturated rings. The van der Waals surface area contributed by atoms with Crippen molar-refractivity contribution in [3.8, 4) is 0 Å². The molecule has 2 aromatic carbocycles. The zero-order valence-electron chi connectivity index (χ0n) is 20.0. The van der Waals surface area contributed by atoms with Crippen LogP contribution in [0.1, 0.15) is 24.4 Å². The maximum atomic E-state index is 12.8. The Kier molecular flexibility index (Phi) is 7.61. The van der Waals surface area contributed by atoms with Crippen LogP contribution < -0.4 is 10.6 Å². The molecule has 8 nitrogen and oxygen atoms in total. The summed E-state index contributed by atoms with van der Waals surface area (Å²) in [5.41, 5.74) is 1.87. The number of anilines is 1. The van der Waals surface area contributed by atoms with E-state index in [1.54, 1.807) is 5.06 Å². The van der Waals surface area contributed by atoms with E-state index in [0.29, 0.717) is 25.0 Å².